The van der Waals surface area contributed by atoms with E-state index in [-0.39, 0.29) is 20.4 Å². The number of hydrogen-bond acceptors (Lipinski definition) is 4. The molecular formula is C8H11ClN2O4S2. The smallest absolute Gasteiger partial charge is 0.225 e. The molecule has 0 bridgehead atoms. The summed E-state index contributed by atoms with van der Waals surface area (Å²) in [6, 6.07) is 2.01. The van der Waals surface area contributed by atoms with Crippen LogP contribution in [-0.4, -0.2) is 16.8 Å². The Bertz CT molecular complexity index is 652. The van der Waals surface area contributed by atoms with Crippen molar-refractivity contribution in [1.82, 2.24) is 0 Å². The van der Waals surface area contributed by atoms with Gasteiger partial charge in [-0.25, -0.2) is 27.1 Å². The molecule has 96 valence electrons. The second-order valence-corrected chi connectivity index (χ2v) is 6.82. The molecule has 1 aromatic carbocycles. The van der Waals surface area contributed by atoms with Crippen molar-refractivity contribution in [1.29, 1.82) is 0 Å². The fourth-order valence-electron chi connectivity index (χ4n) is 1.35. The summed E-state index contributed by atoms with van der Waals surface area (Å²) >= 11 is 5.81. The highest BCUT2D eigenvalue weighted by Gasteiger charge is 2.20. The Morgan fingerprint density at radius 1 is 1.12 bits per heavy atom. The van der Waals surface area contributed by atoms with Gasteiger partial charge in [-0.3, -0.25) is 0 Å². The van der Waals surface area contributed by atoms with Crippen molar-refractivity contribution >= 4 is 31.6 Å². The van der Waals surface area contributed by atoms with Gasteiger partial charge in [-0.1, -0.05) is 18.5 Å². The van der Waals surface area contributed by atoms with Crippen molar-refractivity contribution in [3.63, 3.8) is 0 Å². The lowest BCUT2D eigenvalue weighted by atomic mass is 10.2. The van der Waals surface area contributed by atoms with Gasteiger partial charge in [0.05, 0.1) is 9.79 Å². The van der Waals surface area contributed by atoms with Crippen LogP contribution in [0.4, 0.5) is 0 Å². The molecule has 0 saturated carbocycles. The topological polar surface area (TPSA) is 120 Å². The zero-order chi connectivity index (χ0) is 13.4. The molecule has 1 rings (SSSR count). The lowest BCUT2D eigenvalue weighted by Gasteiger charge is -2.10. The number of primary sulfonamides is 2. The summed E-state index contributed by atoms with van der Waals surface area (Å²) < 4.78 is 44.9. The summed E-state index contributed by atoms with van der Waals surface area (Å²) in [6.45, 7) is 1.67. The van der Waals surface area contributed by atoms with Gasteiger partial charge < -0.3 is 0 Å². The maximum absolute atomic E-state index is 11.3. The molecule has 1 aromatic rings. The molecule has 0 unspecified atom stereocenters. The fraction of sp³-hybridized carbons (Fsp3) is 0.250. The summed E-state index contributed by atoms with van der Waals surface area (Å²) in [4.78, 5) is -0.708. The van der Waals surface area contributed by atoms with Crippen LogP contribution >= 0.6 is 11.6 Å². The maximum Gasteiger partial charge on any atom is 0.238 e. The molecule has 9 heteroatoms. The average molecular weight is 299 g/mol. The Morgan fingerprint density at radius 3 is 2.00 bits per heavy atom. The van der Waals surface area contributed by atoms with Gasteiger partial charge in [-0.15, -0.1) is 0 Å². The van der Waals surface area contributed by atoms with E-state index in [1.165, 1.54) is 0 Å². The fourth-order valence-corrected chi connectivity index (χ4v) is 3.35. The predicted molar refractivity (Wildman–Crippen MR) is 63.6 cm³/mol. The van der Waals surface area contributed by atoms with E-state index in [0.29, 0.717) is 6.42 Å². The van der Waals surface area contributed by atoms with Crippen molar-refractivity contribution in [2.45, 2.75) is 23.1 Å². The third kappa shape index (κ3) is 3.17. The minimum Gasteiger partial charge on any atom is -0.225 e. The Hall–Kier alpha value is -0.670. The Balaban J connectivity index is 3.75. The largest absolute Gasteiger partial charge is 0.238 e. The summed E-state index contributed by atoms with van der Waals surface area (Å²) in [6.07, 6.45) is 0.301. The van der Waals surface area contributed by atoms with E-state index in [0.717, 1.165) is 12.1 Å². The molecule has 0 aliphatic heterocycles. The summed E-state index contributed by atoms with van der Waals surface area (Å²) in [7, 11) is -8.09. The van der Waals surface area contributed by atoms with Crippen LogP contribution in [0.1, 0.15) is 12.5 Å². The summed E-state index contributed by atoms with van der Waals surface area (Å²) in [5, 5.41) is 9.90. The number of benzene rings is 1. The molecule has 0 aliphatic carbocycles. The van der Waals surface area contributed by atoms with Gasteiger partial charge in [0.1, 0.15) is 0 Å². The lowest BCUT2D eigenvalue weighted by Crippen LogP contribution is -2.18. The van der Waals surface area contributed by atoms with Crippen molar-refractivity contribution in [3.8, 4) is 0 Å². The molecule has 0 saturated heterocycles. The van der Waals surface area contributed by atoms with Crippen molar-refractivity contribution < 1.29 is 16.8 Å². The van der Waals surface area contributed by atoms with Gasteiger partial charge in [-0.2, -0.15) is 0 Å². The maximum atomic E-state index is 11.3. The van der Waals surface area contributed by atoms with E-state index >= 15 is 0 Å². The molecule has 0 aliphatic rings. The van der Waals surface area contributed by atoms with E-state index in [9.17, 15) is 16.8 Å². The third-order valence-corrected chi connectivity index (χ3v) is 4.32. The van der Waals surface area contributed by atoms with Crippen molar-refractivity contribution in [2.24, 2.45) is 10.3 Å². The molecule has 0 atom stereocenters. The minimum absolute atomic E-state index is 0.00282. The predicted octanol–water partition coefficient (Wildman–Crippen LogP) is 0.197. The standard InChI is InChI=1S/C8H11ClN2O4S2/c1-2-6-7(9)3-5(16(10,12)13)4-8(6)17(11,14)15/h3-4H,2H2,1H3,(H2,10,12,13)(H2,11,14,15). The molecule has 6 nitrogen and oxygen atoms in total. The van der Waals surface area contributed by atoms with Gasteiger partial charge in [-0.05, 0) is 24.1 Å². The highest BCUT2D eigenvalue weighted by Crippen LogP contribution is 2.27. The van der Waals surface area contributed by atoms with E-state index in [4.69, 9.17) is 21.9 Å². The first-order valence-electron chi connectivity index (χ1n) is 4.45. The first-order valence-corrected chi connectivity index (χ1v) is 7.92. The molecule has 0 radical (unpaired) electrons. The van der Waals surface area contributed by atoms with Gasteiger partial charge in [0.2, 0.25) is 20.0 Å². The van der Waals surface area contributed by atoms with E-state index in [1.54, 1.807) is 6.92 Å². The molecule has 0 aromatic heterocycles. The van der Waals surface area contributed by atoms with Gasteiger partial charge >= 0.3 is 0 Å². The number of halogens is 1. The number of hydrogen-bond donors (Lipinski definition) is 2. The molecule has 0 amide bonds. The summed E-state index contributed by atoms with van der Waals surface area (Å²) in [5.41, 5.74) is 0.265. The SMILES string of the molecule is CCc1c(Cl)cc(S(N)(=O)=O)cc1S(N)(=O)=O. The average Bonchev–Trinajstić information content (AvgIpc) is 2.13. The Morgan fingerprint density at radius 2 is 1.65 bits per heavy atom. The molecule has 0 fully saturated rings. The van der Waals surface area contributed by atoms with Crippen LogP contribution in [0.15, 0.2) is 21.9 Å². The van der Waals surface area contributed by atoms with Crippen LogP contribution < -0.4 is 10.3 Å². The first kappa shape index (κ1) is 14.4. The van der Waals surface area contributed by atoms with Crippen LogP contribution in [0, 0.1) is 0 Å². The van der Waals surface area contributed by atoms with Gasteiger partial charge in [0, 0.05) is 5.02 Å². The van der Waals surface area contributed by atoms with Crippen molar-refractivity contribution in [2.75, 3.05) is 0 Å². The van der Waals surface area contributed by atoms with Crippen LogP contribution in [-0.2, 0) is 26.5 Å². The van der Waals surface area contributed by atoms with Crippen LogP contribution in [0.25, 0.3) is 0 Å². The Labute approximate surface area is 105 Å². The van der Waals surface area contributed by atoms with Crippen LogP contribution in [0.5, 0.6) is 0 Å². The highest BCUT2D eigenvalue weighted by molar-refractivity contribution is 7.90. The monoisotopic (exact) mass is 298 g/mol. The molecule has 0 spiro atoms. The summed E-state index contributed by atoms with van der Waals surface area (Å²) in [5.74, 6) is 0. The normalized spacial score (nSPS) is 12.7. The minimum atomic E-state index is -4.06. The van der Waals surface area contributed by atoms with Crippen LogP contribution in [0.3, 0.4) is 0 Å². The molecule has 0 heterocycles. The van der Waals surface area contributed by atoms with Crippen LogP contribution in [0.2, 0.25) is 5.02 Å². The lowest BCUT2D eigenvalue weighted by molar-refractivity contribution is 0.595. The van der Waals surface area contributed by atoms with Gasteiger partial charge in [0.25, 0.3) is 0 Å². The second kappa shape index (κ2) is 4.54. The third-order valence-electron chi connectivity index (χ3n) is 2.12. The number of nitrogens with two attached hydrogens (primary N) is 2. The number of rotatable bonds is 3. The molecule has 17 heavy (non-hydrogen) atoms. The van der Waals surface area contributed by atoms with Crippen molar-refractivity contribution in [3.05, 3.63) is 22.7 Å². The highest BCUT2D eigenvalue weighted by atomic mass is 35.5. The van der Waals surface area contributed by atoms with E-state index in [1.807, 2.05) is 0 Å². The molecular weight excluding hydrogens is 288 g/mol. The van der Waals surface area contributed by atoms with E-state index in [2.05, 4.69) is 0 Å². The second-order valence-electron chi connectivity index (χ2n) is 3.33. The van der Waals surface area contributed by atoms with E-state index < -0.39 is 20.0 Å². The number of sulfonamides is 2. The zero-order valence-electron chi connectivity index (χ0n) is 8.84. The molecule has 4 N–H and O–H groups in total. The zero-order valence-corrected chi connectivity index (χ0v) is 11.2. The quantitative estimate of drug-likeness (QED) is 0.827. The van der Waals surface area contributed by atoms with Gasteiger partial charge in [0.15, 0.2) is 0 Å². The first-order chi connectivity index (χ1) is 7.57. The Kier molecular flexibility index (Phi) is 3.84.